The fourth-order valence-electron chi connectivity index (χ4n) is 6.04. The Morgan fingerprint density at radius 2 is 1.83 bits per heavy atom. The molecule has 0 saturated carbocycles. The predicted octanol–water partition coefficient (Wildman–Crippen LogP) is 1.71. The molecule has 2 aliphatic heterocycles. The first-order chi connectivity index (χ1) is 20.5. The van der Waals surface area contributed by atoms with Gasteiger partial charge < -0.3 is 20.4 Å². The molecule has 2 aromatic heterocycles. The first-order valence-corrected chi connectivity index (χ1v) is 15.5. The summed E-state index contributed by atoms with van der Waals surface area (Å²) < 4.78 is 1.65. The van der Waals surface area contributed by atoms with E-state index in [1.54, 1.807) is 15.8 Å². The minimum absolute atomic E-state index is 0.0712. The molecule has 1 fully saturated rings. The lowest BCUT2D eigenvalue weighted by molar-refractivity contribution is -0.146. The van der Waals surface area contributed by atoms with Gasteiger partial charge in [0.05, 0.1) is 24.2 Å². The summed E-state index contributed by atoms with van der Waals surface area (Å²) >= 11 is 1.48. The van der Waals surface area contributed by atoms with Crippen molar-refractivity contribution in [1.82, 2.24) is 35.4 Å². The van der Waals surface area contributed by atoms with Crippen molar-refractivity contribution in [2.75, 3.05) is 19.6 Å². The van der Waals surface area contributed by atoms with Crippen LogP contribution in [-0.2, 0) is 46.7 Å². The van der Waals surface area contributed by atoms with Gasteiger partial charge in [0.15, 0.2) is 0 Å². The summed E-state index contributed by atoms with van der Waals surface area (Å²) in [5.74, 6) is -1.02. The quantitative estimate of drug-likeness (QED) is 0.479. The van der Waals surface area contributed by atoms with Crippen molar-refractivity contribution in [2.24, 2.45) is 0 Å². The Bertz CT molecular complexity index is 1470. The molecule has 4 amide bonds. The lowest BCUT2D eigenvalue weighted by Gasteiger charge is -2.42. The summed E-state index contributed by atoms with van der Waals surface area (Å²) in [5.41, 5.74) is 3.87. The Labute approximate surface area is 248 Å². The number of amides is 4. The molecular formula is C30H35N7O4S. The van der Waals surface area contributed by atoms with Crippen LogP contribution in [0.2, 0.25) is 0 Å². The van der Waals surface area contributed by atoms with Crippen molar-refractivity contribution < 1.29 is 19.2 Å². The molecule has 12 heteroatoms. The molecule has 1 saturated heterocycles. The van der Waals surface area contributed by atoms with Crippen molar-refractivity contribution >= 4 is 35.0 Å². The molecule has 0 unspecified atom stereocenters. The van der Waals surface area contributed by atoms with Crippen molar-refractivity contribution in [3.05, 3.63) is 69.2 Å². The van der Waals surface area contributed by atoms with Crippen molar-refractivity contribution in [3.8, 4) is 0 Å². The number of fused-ring (bicyclic) bond motifs is 4. The number of thiophene rings is 1. The Hall–Kier alpha value is -4.06. The molecule has 4 heterocycles. The van der Waals surface area contributed by atoms with Crippen LogP contribution in [0.25, 0.3) is 0 Å². The summed E-state index contributed by atoms with van der Waals surface area (Å²) in [6, 6.07) is 7.76. The number of carbonyl (C=O) groups is 4. The van der Waals surface area contributed by atoms with Crippen LogP contribution in [0.5, 0.6) is 0 Å². The van der Waals surface area contributed by atoms with Gasteiger partial charge >= 0.3 is 0 Å². The van der Waals surface area contributed by atoms with Gasteiger partial charge in [0, 0.05) is 32.5 Å². The van der Waals surface area contributed by atoms with E-state index in [9.17, 15) is 19.2 Å². The number of aryl methyl sites for hydroxylation is 2. The maximum atomic E-state index is 14.1. The topological polar surface area (TPSA) is 130 Å². The van der Waals surface area contributed by atoms with E-state index in [1.165, 1.54) is 21.8 Å². The number of nitrogens with one attached hydrogen (secondary N) is 2. The molecule has 6 rings (SSSR count). The second-order valence-electron chi connectivity index (χ2n) is 11.2. The standard InChI is InChI=1S/C30H35N7O4S/c38-26-11-6-12-36-17-22(33-34-36)16-31-28(39)25-18-35(30(41)27-23-10-5-4-9-21(23)19-42-27)13-14-37(25)29(40)24(32-26)15-20-7-2-1-3-8-20/h1-3,7-8,17,19,24-25H,4-6,9-16,18H2,(H,31,39)(H,32,38)/t24-,25+/m0/s1. The minimum atomic E-state index is -0.915. The lowest BCUT2D eigenvalue weighted by atomic mass is 9.93. The average Bonchev–Trinajstić information content (AvgIpc) is 3.66. The van der Waals surface area contributed by atoms with Gasteiger partial charge in [-0.05, 0) is 54.2 Å². The van der Waals surface area contributed by atoms with Crippen LogP contribution in [-0.4, -0.2) is 80.1 Å². The summed E-state index contributed by atoms with van der Waals surface area (Å²) in [6.45, 7) is 1.20. The van der Waals surface area contributed by atoms with E-state index < -0.39 is 12.1 Å². The number of rotatable bonds is 3. The zero-order valence-corrected chi connectivity index (χ0v) is 24.3. The molecule has 2 N–H and O–H groups in total. The fourth-order valence-corrected chi connectivity index (χ4v) is 7.17. The van der Waals surface area contributed by atoms with Gasteiger partial charge in [0.25, 0.3) is 5.91 Å². The molecule has 3 aliphatic rings. The van der Waals surface area contributed by atoms with E-state index in [4.69, 9.17) is 0 Å². The van der Waals surface area contributed by atoms with Gasteiger partial charge in [-0.15, -0.1) is 16.4 Å². The summed E-state index contributed by atoms with van der Waals surface area (Å²) in [5, 5.41) is 16.2. The van der Waals surface area contributed by atoms with Gasteiger partial charge in [-0.1, -0.05) is 35.5 Å². The normalized spacial score (nSPS) is 21.9. The highest BCUT2D eigenvalue weighted by atomic mass is 32.1. The van der Waals surface area contributed by atoms with E-state index >= 15 is 0 Å². The van der Waals surface area contributed by atoms with E-state index in [0.717, 1.165) is 41.7 Å². The van der Waals surface area contributed by atoms with E-state index in [0.29, 0.717) is 31.6 Å². The number of nitrogens with zero attached hydrogens (tertiary/aromatic N) is 5. The third kappa shape index (κ3) is 6.08. The lowest BCUT2D eigenvalue weighted by Crippen LogP contribution is -2.64. The monoisotopic (exact) mass is 589 g/mol. The zero-order valence-electron chi connectivity index (χ0n) is 23.5. The molecule has 42 heavy (non-hydrogen) atoms. The Kier molecular flexibility index (Phi) is 8.31. The molecule has 0 radical (unpaired) electrons. The van der Waals surface area contributed by atoms with Crippen LogP contribution < -0.4 is 10.6 Å². The highest BCUT2D eigenvalue weighted by Gasteiger charge is 2.40. The Morgan fingerprint density at radius 3 is 2.69 bits per heavy atom. The average molecular weight is 590 g/mol. The number of aromatic nitrogens is 3. The van der Waals surface area contributed by atoms with Crippen LogP contribution in [0.1, 0.15) is 57.7 Å². The number of hydrogen-bond acceptors (Lipinski definition) is 7. The molecule has 2 atom stereocenters. The molecular weight excluding hydrogens is 554 g/mol. The Morgan fingerprint density at radius 1 is 1.00 bits per heavy atom. The largest absolute Gasteiger partial charge is 0.348 e. The first-order valence-electron chi connectivity index (χ1n) is 14.7. The highest BCUT2D eigenvalue weighted by molar-refractivity contribution is 7.12. The van der Waals surface area contributed by atoms with Crippen LogP contribution in [0.4, 0.5) is 0 Å². The first kappa shape index (κ1) is 28.1. The third-order valence-corrected chi connectivity index (χ3v) is 9.35. The smallest absolute Gasteiger partial charge is 0.264 e. The number of piperazine rings is 1. The highest BCUT2D eigenvalue weighted by Crippen LogP contribution is 2.31. The number of hydrogen-bond donors (Lipinski definition) is 2. The van der Waals surface area contributed by atoms with E-state index in [1.807, 2.05) is 30.3 Å². The maximum absolute atomic E-state index is 14.1. The molecule has 1 aromatic carbocycles. The fraction of sp³-hybridized carbons (Fsp3) is 0.467. The molecule has 220 valence electrons. The summed E-state index contributed by atoms with van der Waals surface area (Å²) in [7, 11) is 0. The van der Waals surface area contributed by atoms with Crippen LogP contribution in [0.3, 0.4) is 0 Å². The van der Waals surface area contributed by atoms with Gasteiger partial charge in [-0.2, -0.15) is 0 Å². The van der Waals surface area contributed by atoms with Gasteiger partial charge in [-0.3, -0.25) is 23.9 Å². The second kappa shape index (κ2) is 12.4. The SMILES string of the molecule is O=C1CCCn2cc(nn2)CNC(=O)[C@H]2CN(C(=O)c3scc4c3CCCC4)CCN2C(=O)[C@H](Cc2ccccc2)N1. The number of benzene rings is 1. The Balaban J connectivity index is 1.28. The van der Waals surface area contributed by atoms with Crippen LogP contribution in [0, 0.1) is 0 Å². The molecule has 2 bridgehead atoms. The molecule has 3 aromatic rings. The van der Waals surface area contributed by atoms with Crippen molar-refractivity contribution in [3.63, 3.8) is 0 Å². The summed E-state index contributed by atoms with van der Waals surface area (Å²) in [6.07, 6.45) is 6.88. The van der Waals surface area contributed by atoms with Gasteiger partial charge in [0.2, 0.25) is 17.7 Å². The minimum Gasteiger partial charge on any atom is -0.348 e. The van der Waals surface area contributed by atoms with E-state index in [-0.39, 0.29) is 49.7 Å². The number of carbonyl (C=O) groups excluding carboxylic acids is 4. The van der Waals surface area contributed by atoms with Crippen LogP contribution in [0.15, 0.2) is 41.9 Å². The van der Waals surface area contributed by atoms with Gasteiger partial charge in [0.1, 0.15) is 17.8 Å². The maximum Gasteiger partial charge on any atom is 0.264 e. The van der Waals surface area contributed by atoms with Crippen molar-refractivity contribution in [1.29, 1.82) is 0 Å². The van der Waals surface area contributed by atoms with Gasteiger partial charge in [-0.25, -0.2) is 0 Å². The molecule has 11 nitrogen and oxygen atoms in total. The van der Waals surface area contributed by atoms with Crippen LogP contribution >= 0.6 is 11.3 Å². The summed E-state index contributed by atoms with van der Waals surface area (Å²) in [4.78, 5) is 58.5. The van der Waals surface area contributed by atoms with E-state index in [2.05, 4.69) is 26.3 Å². The van der Waals surface area contributed by atoms with Crippen molar-refractivity contribution in [2.45, 2.75) is 70.1 Å². The zero-order chi connectivity index (χ0) is 29.1. The second-order valence-corrected chi connectivity index (χ2v) is 12.1. The predicted molar refractivity (Wildman–Crippen MR) is 156 cm³/mol. The molecule has 1 aliphatic carbocycles. The third-order valence-electron chi connectivity index (χ3n) is 8.29. The molecule has 0 spiro atoms.